The lowest BCUT2D eigenvalue weighted by Crippen LogP contribution is -2.20. The van der Waals surface area contributed by atoms with Gasteiger partial charge in [-0.05, 0) is 34.7 Å². The monoisotopic (exact) mass is 276 g/mol. The molecule has 2 heterocycles. The number of hydrogen-bond acceptors (Lipinski definition) is 3. The number of nitrogens with zero attached hydrogens (tertiary/aromatic N) is 1. The Morgan fingerprint density at radius 2 is 2.28 bits per heavy atom. The van der Waals surface area contributed by atoms with E-state index in [-0.39, 0.29) is 0 Å². The second-order valence-electron chi connectivity index (χ2n) is 4.21. The van der Waals surface area contributed by atoms with E-state index in [0.29, 0.717) is 0 Å². The molecule has 2 nitrogen and oxygen atoms in total. The minimum absolute atomic E-state index is 0.781. The number of hydrogen-bond donors (Lipinski definition) is 1. The molecule has 0 aliphatic carbocycles. The number of rotatable bonds is 3. The van der Waals surface area contributed by atoms with Crippen LogP contribution in [0, 0.1) is 0 Å². The van der Waals surface area contributed by atoms with Crippen LogP contribution in [0.25, 0.3) is 10.4 Å². The molecule has 3 rings (SSSR count). The Bertz CT molecular complexity index is 575. The Hall–Kier alpha value is -1.32. The maximum absolute atomic E-state index is 6.11. The summed E-state index contributed by atoms with van der Waals surface area (Å²) in [5.74, 6) is 1.08. The fourth-order valence-electron chi connectivity index (χ4n) is 2.11. The maximum Gasteiger partial charge on any atom is 0.101 e. The number of nitrogens with one attached hydrogen (secondary N) is 1. The van der Waals surface area contributed by atoms with E-state index in [1.165, 1.54) is 16.0 Å². The third kappa shape index (κ3) is 2.42. The molecule has 0 fully saturated rings. The summed E-state index contributed by atoms with van der Waals surface area (Å²) in [6.07, 6.45) is 0.852. The summed E-state index contributed by atoms with van der Waals surface area (Å²) in [4.78, 5) is 5.71. The number of benzene rings is 1. The van der Waals surface area contributed by atoms with Crippen molar-refractivity contribution >= 4 is 28.8 Å². The van der Waals surface area contributed by atoms with Crippen molar-refractivity contribution in [1.29, 1.82) is 0 Å². The summed E-state index contributed by atoms with van der Waals surface area (Å²) in [5.41, 5.74) is 2.49. The lowest BCUT2D eigenvalue weighted by Gasteiger charge is -2.09. The predicted molar refractivity (Wildman–Crippen MR) is 78.8 cm³/mol. The zero-order valence-electron chi connectivity index (χ0n) is 9.82. The van der Waals surface area contributed by atoms with Crippen molar-refractivity contribution in [2.75, 3.05) is 13.1 Å². The van der Waals surface area contributed by atoms with Crippen LogP contribution in [-0.2, 0) is 6.42 Å². The van der Waals surface area contributed by atoms with Crippen molar-refractivity contribution in [1.82, 2.24) is 5.32 Å². The van der Waals surface area contributed by atoms with E-state index in [9.17, 15) is 0 Å². The van der Waals surface area contributed by atoms with Crippen molar-refractivity contribution in [3.63, 3.8) is 0 Å². The fraction of sp³-hybridized carbons (Fsp3) is 0.214. The van der Waals surface area contributed by atoms with E-state index in [1.54, 1.807) is 11.3 Å². The number of halogens is 1. The molecule has 0 atom stereocenters. The minimum atomic E-state index is 0.781. The van der Waals surface area contributed by atoms with Crippen molar-refractivity contribution in [3.05, 3.63) is 46.3 Å². The van der Waals surface area contributed by atoms with Gasteiger partial charge in [0.05, 0.1) is 6.54 Å². The largest absolute Gasteiger partial charge is 0.372 e. The van der Waals surface area contributed by atoms with Crippen LogP contribution in [-0.4, -0.2) is 18.9 Å². The Morgan fingerprint density at radius 3 is 3.00 bits per heavy atom. The molecule has 1 aliphatic heterocycles. The van der Waals surface area contributed by atoms with Gasteiger partial charge >= 0.3 is 0 Å². The molecule has 0 amide bonds. The summed E-state index contributed by atoms with van der Waals surface area (Å²) in [5, 5.41) is 6.18. The van der Waals surface area contributed by atoms with Crippen LogP contribution in [0.1, 0.15) is 5.56 Å². The molecule has 0 spiro atoms. The third-order valence-electron chi connectivity index (χ3n) is 2.96. The molecule has 1 aromatic carbocycles. The lowest BCUT2D eigenvalue weighted by atomic mass is 10.0. The molecule has 0 unspecified atom stereocenters. The third-order valence-corrected chi connectivity index (χ3v) is 4.10. The van der Waals surface area contributed by atoms with Crippen molar-refractivity contribution in [2.45, 2.75) is 6.42 Å². The molecular weight excluding hydrogens is 264 g/mol. The van der Waals surface area contributed by atoms with Crippen molar-refractivity contribution < 1.29 is 0 Å². The molecule has 0 saturated carbocycles. The van der Waals surface area contributed by atoms with Gasteiger partial charge in [-0.25, -0.2) is 0 Å². The second kappa shape index (κ2) is 5.12. The molecule has 92 valence electrons. The van der Waals surface area contributed by atoms with Crippen LogP contribution in [0.15, 0.2) is 40.7 Å². The normalized spacial score (nSPS) is 14.4. The van der Waals surface area contributed by atoms with Crippen LogP contribution < -0.4 is 5.32 Å². The molecule has 1 aromatic heterocycles. The van der Waals surface area contributed by atoms with Gasteiger partial charge in [-0.1, -0.05) is 23.7 Å². The zero-order valence-corrected chi connectivity index (χ0v) is 11.4. The van der Waals surface area contributed by atoms with Gasteiger partial charge in [0, 0.05) is 22.9 Å². The zero-order chi connectivity index (χ0) is 12.4. The number of amidine groups is 1. The first-order chi connectivity index (χ1) is 8.83. The van der Waals surface area contributed by atoms with E-state index >= 15 is 0 Å². The van der Waals surface area contributed by atoms with Crippen LogP contribution in [0.2, 0.25) is 5.02 Å². The van der Waals surface area contributed by atoms with Gasteiger partial charge in [0.1, 0.15) is 5.84 Å². The molecule has 1 N–H and O–H groups in total. The lowest BCUT2D eigenvalue weighted by molar-refractivity contribution is 0.953. The number of aliphatic imine (C=N–C) groups is 1. The van der Waals surface area contributed by atoms with Crippen LogP contribution in [0.3, 0.4) is 0 Å². The maximum atomic E-state index is 6.11. The van der Waals surface area contributed by atoms with Gasteiger partial charge < -0.3 is 5.32 Å². The van der Waals surface area contributed by atoms with E-state index < -0.39 is 0 Å². The highest BCUT2D eigenvalue weighted by Crippen LogP contribution is 2.31. The Balaban J connectivity index is 1.98. The summed E-state index contributed by atoms with van der Waals surface area (Å²) in [7, 11) is 0. The molecule has 1 aliphatic rings. The first-order valence-corrected chi connectivity index (χ1v) is 7.18. The van der Waals surface area contributed by atoms with E-state index in [0.717, 1.165) is 30.4 Å². The highest BCUT2D eigenvalue weighted by molar-refractivity contribution is 7.13. The second-order valence-corrected chi connectivity index (χ2v) is 5.59. The number of thiophene rings is 1. The van der Waals surface area contributed by atoms with Crippen LogP contribution in [0.4, 0.5) is 0 Å². The molecule has 4 heteroatoms. The first kappa shape index (κ1) is 11.8. The van der Waals surface area contributed by atoms with E-state index in [2.05, 4.69) is 33.9 Å². The predicted octanol–water partition coefficient (Wildman–Crippen LogP) is 3.61. The average Bonchev–Trinajstić information content (AvgIpc) is 3.04. The summed E-state index contributed by atoms with van der Waals surface area (Å²) in [6, 6.07) is 10.3. The highest BCUT2D eigenvalue weighted by Gasteiger charge is 2.11. The van der Waals surface area contributed by atoms with Gasteiger partial charge in [-0.2, -0.15) is 0 Å². The van der Waals surface area contributed by atoms with E-state index in [1.807, 2.05) is 12.1 Å². The van der Waals surface area contributed by atoms with Crippen molar-refractivity contribution in [3.8, 4) is 10.4 Å². The average molecular weight is 277 g/mol. The molecule has 0 radical (unpaired) electrons. The van der Waals surface area contributed by atoms with Crippen LogP contribution in [0.5, 0.6) is 0 Å². The highest BCUT2D eigenvalue weighted by atomic mass is 35.5. The summed E-state index contributed by atoms with van der Waals surface area (Å²) >= 11 is 7.85. The van der Waals surface area contributed by atoms with Gasteiger partial charge in [0.25, 0.3) is 0 Å². The van der Waals surface area contributed by atoms with Gasteiger partial charge in [0.15, 0.2) is 0 Å². The summed E-state index contributed by atoms with van der Waals surface area (Å²) in [6.45, 7) is 1.84. The summed E-state index contributed by atoms with van der Waals surface area (Å²) < 4.78 is 0. The topological polar surface area (TPSA) is 24.4 Å². The van der Waals surface area contributed by atoms with Crippen LogP contribution >= 0.6 is 22.9 Å². The smallest absolute Gasteiger partial charge is 0.101 e. The molecule has 0 bridgehead atoms. The SMILES string of the molecule is Clc1ccc(CC2=NCCN2)c(-c2cccs2)c1. The molecule has 2 aromatic rings. The molecule has 18 heavy (non-hydrogen) atoms. The fourth-order valence-corrected chi connectivity index (χ4v) is 3.06. The van der Waals surface area contributed by atoms with E-state index in [4.69, 9.17) is 11.6 Å². The molecule has 0 saturated heterocycles. The first-order valence-electron chi connectivity index (χ1n) is 5.92. The standard InChI is InChI=1S/C14H13ClN2S/c15-11-4-3-10(8-14-16-5-6-17-14)12(9-11)13-2-1-7-18-13/h1-4,7,9H,5-6,8H2,(H,16,17). The quantitative estimate of drug-likeness (QED) is 0.910. The van der Waals surface area contributed by atoms with Gasteiger partial charge in [-0.15, -0.1) is 11.3 Å². The molecular formula is C14H13ClN2S. The van der Waals surface area contributed by atoms with Gasteiger partial charge in [-0.3, -0.25) is 4.99 Å². The Kier molecular flexibility index (Phi) is 3.35. The van der Waals surface area contributed by atoms with Crippen molar-refractivity contribution in [2.24, 2.45) is 4.99 Å². The minimum Gasteiger partial charge on any atom is -0.372 e. The Labute approximate surface area is 115 Å². The Morgan fingerprint density at radius 1 is 1.33 bits per heavy atom. The van der Waals surface area contributed by atoms with Gasteiger partial charge in [0.2, 0.25) is 0 Å².